The van der Waals surface area contributed by atoms with Gasteiger partial charge in [0.25, 0.3) is 0 Å². The summed E-state index contributed by atoms with van der Waals surface area (Å²) in [5.74, 6) is -0.657. The second-order valence-electron chi connectivity index (χ2n) is 7.41. The van der Waals surface area contributed by atoms with Crippen molar-refractivity contribution in [2.75, 3.05) is 0 Å². The fourth-order valence-corrected chi connectivity index (χ4v) is 3.80. The largest absolute Gasteiger partial charge is 0.455 e. The minimum Gasteiger partial charge on any atom is -0.455 e. The van der Waals surface area contributed by atoms with Gasteiger partial charge in [-0.2, -0.15) is 13.2 Å². The Bertz CT molecular complexity index is 954. The highest BCUT2D eigenvalue weighted by atomic mass is 79.9. The summed E-state index contributed by atoms with van der Waals surface area (Å²) in [5.41, 5.74) is 5.83. The lowest BCUT2D eigenvalue weighted by Gasteiger charge is -2.24. The van der Waals surface area contributed by atoms with Crippen LogP contribution in [-0.2, 0) is 25.8 Å². The van der Waals surface area contributed by atoms with Crippen LogP contribution in [0.3, 0.4) is 0 Å². The van der Waals surface area contributed by atoms with E-state index in [0.717, 1.165) is 16.1 Å². The summed E-state index contributed by atoms with van der Waals surface area (Å²) in [6.45, 7) is 7.71. The molecule has 3 aromatic rings. The third-order valence-electron chi connectivity index (χ3n) is 4.86. The fourth-order valence-electron chi connectivity index (χ4n) is 3.53. The summed E-state index contributed by atoms with van der Waals surface area (Å²) in [5, 5.41) is 0. The molecule has 1 aromatic heterocycles. The average Bonchev–Trinajstić information content (AvgIpc) is 3.09. The number of benzene rings is 2. The molecule has 29 heavy (non-hydrogen) atoms. The van der Waals surface area contributed by atoms with Crippen LogP contribution in [0.5, 0.6) is 0 Å². The van der Waals surface area contributed by atoms with E-state index in [1.165, 1.54) is 28.3 Å². The topological polar surface area (TPSA) is 16.4 Å². The number of rotatable bonds is 6. The van der Waals surface area contributed by atoms with Crippen molar-refractivity contribution in [3.05, 3.63) is 92.3 Å². The number of halogens is 4. The smallest absolute Gasteiger partial charge is 0.449 e. The molecule has 0 unspecified atom stereocenters. The summed E-state index contributed by atoms with van der Waals surface area (Å²) >= 11 is 3.43. The maximum absolute atomic E-state index is 12.9. The van der Waals surface area contributed by atoms with Crippen LogP contribution in [-0.4, -0.2) is 4.90 Å². The molecule has 2 aromatic carbocycles. The van der Waals surface area contributed by atoms with E-state index < -0.39 is 11.9 Å². The third kappa shape index (κ3) is 5.73. The lowest BCUT2D eigenvalue weighted by atomic mass is 9.99. The molecule has 0 spiro atoms. The SMILES string of the molecule is Cc1cc(C)c(CN(Cc2ccc(Br)cc2)Cc2ccc(C(F)(F)F)o2)c(C)c1. The Morgan fingerprint density at radius 2 is 1.48 bits per heavy atom. The molecule has 3 rings (SSSR count). The fraction of sp³-hybridized carbons (Fsp3) is 0.304. The Kier molecular flexibility index (Phi) is 6.54. The first-order valence-corrected chi connectivity index (χ1v) is 10.1. The van der Waals surface area contributed by atoms with E-state index in [4.69, 9.17) is 4.42 Å². The van der Waals surface area contributed by atoms with Gasteiger partial charge in [0.15, 0.2) is 0 Å². The van der Waals surface area contributed by atoms with E-state index in [1.807, 2.05) is 24.3 Å². The minimum absolute atomic E-state index is 0.291. The van der Waals surface area contributed by atoms with Gasteiger partial charge in [-0.1, -0.05) is 45.8 Å². The summed E-state index contributed by atoms with van der Waals surface area (Å²) in [4.78, 5) is 2.10. The first-order chi connectivity index (χ1) is 13.6. The van der Waals surface area contributed by atoms with Crippen molar-refractivity contribution < 1.29 is 17.6 Å². The molecule has 1 heterocycles. The van der Waals surface area contributed by atoms with Gasteiger partial charge in [0.05, 0.1) is 6.54 Å². The van der Waals surface area contributed by atoms with Crippen LogP contribution < -0.4 is 0 Å². The van der Waals surface area contributed by atoms with Crippen molar-refractivity contribution in [3.63, 3.8) is 0 Å². The van der Waals surface area contributed by atoms with Crippen molar-refractivity contribution in [3.8, 4) is 0 Å². The van der Waals surface area contributed by atoms with Crippen molar-refractivity contribution in [2.24, 2.45) is 0 Å². The number of hydrogen-bond donors (Lipinski definition) is 0. The normalized spacial score (nSPS) is 12.0. The zero-order valence-corrected chi connectivity index (χ0v) is 18.2. The zero-order chi connectivity index (χ0) is 21.2. The van der Waals surface area contributed by atoms with Gasteiger partial charge < -0.3 is 4.42 Å². The Hall–Kier alpha value is -2.05. The van der Waals surface area contributed by atoms with Gasteiger partial charge in [0.1, 0.15) is 5.76 Å². The lowest BCUT2D eigenvalue weighted by Crippen LogP contribution is -2.23. The van der Waals surface area contributed by atoms with Gasteiger partial charge >= 0.3 is 6.18 Å². The van der Waals surface area contributed by atoms with E-state index >= 15 is 0 Å². The molecule has 0 fully saturated rings. The van der Waals surface area contributed by atoms with Crippen molar-refractivity contribution >= 4 is 15.9 Å². The summed E-state index contributed by atoms with van der Waals surface area (Å²) in [6, 6.07) is 14.6. The zero-order valence-electron chi connectivity index (χ0n) is 16.6. The Labute approximate surface area is 177 Å². The number of alkyl halides is 3. The Balaban J connectivity index is 1.87. The third-order valence-corrected chi connectivity index (χ3v) is 5.39. The van der Waals surface area contributed by atoms with Crippen LogP contribution in [0.15, 0.2) is 57.4 Å². The van der Waals surface area contributed by atoms with Gasteiger partial charge in [-0.15, -0.1) is 0 Å². The molecule has 0 N–H and O–H groups in total. The van der Waals surface area contributed by atoms with Crippen LogP contribution in [0, 0.1) is 20.8 Å². The van der Waals surface area contributed by atoms with Crippen molar-refractivity contribution in [1.29, 1.82) is 0 Å². The molecular weight excluding hydrogens is 443 g/mol. The first kappa shape index (κ1) is 21.7. The van der Waals surface area contributed by atoms with E-state index in [0.29, 0.717) is 25.4 Å². The predicted molar refractivity (Wildman–Crippen MR) is 111 cm³/mol. The molecular formula is C23H23BrF3NO. The van der Waals surface area contributed by atoms with Crippen LogP contribution >= 0.6 is 15.9 Å². The molecule has 0 aliphatic rings. The maximum atomic E-state index is 12.9. The van der Waals surface area contributed by atoms with Crippen LogP contribution in [0.1, 0.15) is 39.3 Å². The first-order valence-electron chi connectivity index (χ1n) is 9.31. The highest BCUT2D eigenvalue weighted by Crippen LogP contribution is 2.31. The monoisotopic (exact) mass is 465 g/mol. The van der Waals surface area contributed by atoms with Crippen molar-refractivity contribution in [1.82, 2.24) is 4.90 Å². The standard InChI is InChI=1S/C23H23BrF3NO/c1-15-10-16(2)21(17(3)11-15)14-28(12-18-4-6-19(24)7-5-18)13-20-8-9-22(29-20)23(25,26)27/h4-11H,12-14H2,1-3H3. The van der Waals surface area contributed by atoms with Gasteiger partial charge in [-0.05, 0) is 67.3 Å². The van der Waals surface area contributed by atoms with E-state index in [2.05, 4.69) is 53.7 Å². The van der Waals surface area contributed by atoms with Gasteiger partial charge in [0, 0.05) is 17.6 Å². The van der Waals surface area contributed by atoms with Gasteiger partial charge in [-0.3, -0.25) is 4.90 Å². The summed E-state index contributed by atoms with van der Waals surface area (Å²) < 4.78 is 44.8. The molecule has 0 amide bonds. The average molecular weight is 466 g/mol. The van der Waals surface area contributed by atoms with E-state index in [1.54, 1.807) is 0 Å². The molecule has 2 nitrogen and oxygen atoms in total. The quantitative estimate of drug-likeness (QED) is 0.382. The maximum Gasteiger partial charge on any atom is 0.449 e. The van der Waals surface area contributed by atoms with Crippen LogP contribution in [0.25, 0.3) is 0 Å². The molecule has 0 atom stereocenters. The molecule has 154 valence electrons. The summed E-state index contributed by atoms with van der Waals surface area (Å²) in [6.07, 6.45) is -4.47. The van der Waals surface area contributed by atoms with Crippen LogP contribution in [0.4, 0.5) is 13.2 Å². The summed E-state index contributed by atoms with van der Waals surface area (Å²) in [7, 11) is 0. The number of hydrogen-bond acceptors (Lipinski definition) is 2. The van der Waals surface area contributed by atoms with Gasteiger partial charge in [-0.25, -0.2) is 0 Å². The Morgan fingerprint density at radius 1 is 0.862 bits per heavy atom. The lowest BCUT2D eigenvalue weighted by molar-refractivity contribution is -0.153. The highest BCUT2D eigenvalue weighted by Gasteiger charge is 2.34. The van der Waals surface area contributed by atoms with Gasteiger partial charge in [0.2, 0.25) is 5.76 Å². The van der Waals surface area contributed by atoms with E-state index in [-0.39, 0.29) is 0 Å². The molecule has 0 aliphatic heterocycles. The molecule has 0 saturated carbocycles. The minimum atomic E-state index is -4.47. The molecule has 0 bridgehead atoms. The van der Waals surface area contributed by atoms with E-state index in [9.17, 15) is 13.2 Å². The molecule has 0 aliphatic carbocycles. The molecule has 0 saturated heterocycles. The second-order valence-corrected chi connectivity index (χ2v) is 8.33. The molecule has 6 heteroatoms. The number of furan rings is 1. The van der Waals surface area contributed by atoms with Crippen molar-refractivity contribution in [2.45, 2.75) is 46.6 Å². The Morgan fingerprint density at radius 3 is 2.03 bits per heavy atom. The van der Waals surface area contributed by atoms with Crippen LogP contribution in [0.2, 0.25) is 0 Å². The number of nitrogens with zero attached hydrogens (tertiary/aromatic N) is 1. The highest BCUT2D eigenvalue weighted by molar-refractivity contribution is 9.10. The predicted octanol–water partition coefficient (Wildman–Crippen LogP) is 7.19. The molecule has 0 radical (unpaired) electrons. The second kappa shape index (κ2) is 8.76. The number of aryl methyl sites for hydroxylation is 3.